The molecule has 0 saturated carbocycles. The Kier molecular flexibility index (Phi) is 8.03. The third-order valence-corrected chi connectivity index (χ3v) is 6.33. The molecule has 3 aromatic carbocycles. The third kappa shape index (κ3) is 6.49. The highest BCUT2D eigenvalue weighted by molar-refractivity contribution is 9.10. The van der Waals surface area contributed by atoms with Gasteiger partial charge in [-0.1, -0.05) is 60.1 Å². The molecule has 1 N–H and O–H groups in total. The first-order valence-corrected chi connectivity index (χ1v) is 11.9. The quantitative estimate of drug-likeness (QED) is 0.409. The summed E-state index contributed by atoms with van der Waals surface area (Å²) < 4.78 is 6.67. The summed E-state index contributed by atoms with van der Waals surface area (Å²) in [6.07, 6.45) is 0. The number of fused-ring (bicyclic) bond motifs is 1. The van der Waals surface area contributed by atoms with E-state index in [9.17, 15) is 9.59 Å². The van der Waals surface area contributed by atoms with E-state index in [1.807, 2.05) is 75.4 Å². The molecular formula is C26H28BrClN2O3. The molecule has 0 heterocycles. The van der Waals surface area contributed by atoms with Crippen LogP contribution in [0.2, 0.25) is 5.02 Å². The molecule has 0 saturated heterocycles. The predicted molar refractivity (Wildman–Crippen MR) is 137 cm³/mol. The van der Waals surface area contributed by atoms with E-state index in [-0.39, 0.29) is 25.0 Å². The maximum absolute atomic E-state index is 13.3. The second-order valence-corrected chi connectivity index (χ2v) is 10.1. The Morgan fingerprint density at radius 2 is 1.73 bits per heavy atom. The Hall–Kier alpha value is -2.57. The lowest BCUT2D eigenvalue weighted by molar-refractivity contribution is -0.142. The lowest BCUT2D eigenvalue weighted by atomic mass is 10.1. The molecule has 0 aliphatic heterocycles. The number of rotatable bonds is 7. The summed E-state index contributed by atoms with van der Waals surface area (Å²) in [5.41, 5.74) is 0.339. The van der Waals surface area contributed by atoms with Gasteiger partial charge in [-0.3, -0.25) is 9.59 Å². The summed E-state index contributed by atoms with van der Waals surface area (Å²) >= 11 is 9.92. The van der Waals surface area contributed by atoms with Crippen molar-refractivity contribution in [2.75, 3.05) is 6.61 Å². The van der Waals surface area contributed by atoms with Gasteiger partial charge in [0.2, 0.25) is 5.91 Å². The van der Waals surface area contributed by atoms with Crippen LogP contribution in [0.15, 0.2) is 65.1 Å². The molecule has 3 aromatic rings. The normalized spacial score (nSPS) is 12.3. The minimum Gasteiger partial charge on any atom is -0.483 e. The molecule has 0 spiro atoms. The first kappa shape index (κ1) is 25.1. The number of ether oxygens (including phenoxy) is 1. The predicted octanol–water partition coefficient (Wildman–Crippen LogP) is 5.97. The van der Waals surface area contributed by atoms with E-state index in [2.05, 4.69) is 21.2 Å². The van der Waals surface area contributed by atoms with Crippen molar-refractivity contribution in [3.63, 3.8) is 0 Å². The van der Waals surface area contributed by atoms with Gasteiger partial charge in [0.15, 0.2) is 6.61 Å². The number of carbonyl (C=O) groups is 2. The number of nitrogens with one attached hydrogen (secondary N) is 1. The zero-order valence-corrected chi connectivity index (χ0v) is 21.5. The topological polar surface area (TPSA) is 58.6 Å². The van der Waals surface area contributed by atoms with Crippen molar-refractivity contribution < 1.29 is 14.3 Å². The van der Waals surface area contributed by atoms with Crippen LogP contribution < -0.4 is 10.1 Å². The fourth-order valence-corrected chi connectivity index (χ4v) is 4.22. The summed E-state index contributed by atoms with van der Waals surface area (Å²) in [6, 6.07) is 18.3. The number of benzene rings is 3. The first-order valence-electron chi connectivity index (χ1n) is 10.7. The largest absolute Gasteiger partial charge is 0.483 e. The average Bonchev–Trinajstić information content (AvgIpc) is 2.76. The molecule has 0 aliphatic carbocycles. The Morgan fingerprint density at radius 1 is 1.06 bits per heavy atom. The van der Waals surface area contributed by atoms with Crippen molar-refractivity contribution in [3.05, 3.63) is 75.7 Å². The number of nitrogens with zero attached hydrogens (tertiary/aromatic N) is 1. The van der Waals surface area contributed by atoms with Crippen LogP contribution in [0, 0.1) is 0 Å². The van der Waals surface area contributed by atoms with Gasteiger partial charge >= 0.3 is 0 Å². The maximum Gasteiger partial charge on any atom is 0.261 e. The molecule has 0 fully saturated rings. The van der Waals surface area contributed by atoms with Gasteiger partial charge in [0, 0.05) is 17.1 Å². The Bertz CT molecular complexity index is 1160. The molecule has 0 aliphatic rings. The van der Waals surface area contributed by atoms with E-state index in [0.717, 1.165) is 20.8 Å². The fraction of sp³-hybridized carbons (Fsp3) is 0.308. The fourth-order valence-electron chi connectivity index (χ4n) is 3.41. The minimum absolute atomic E-state index is 0.194. The molecule has 2 amide bonds. The summed E-state index contributed by atoms with van der Waals surface area (Å²) in [5.74, 6) is 0.00728. The van der Waals surface area contributed by atoms with Crippen molar-refractivity contribution in [3.8, 4) is 5.75 Å². The molecule has 33 heavy (non-hydrogen) atoms. The van der Waals surface area contributed by atoms with Crippen LogP contribution in [0.4, 0.5) is 0 Å². The van der Waals surface area contributed by atoms with Gasteiger partial charge in [-0.15, -0.1) is 0 Å². The van der Waals surface area contributed by atoms with Gasteiger partial charge in [0.25, 0.3) is 5.91 Å². The maximum atomic E-state index is 13.3. The third-order valence-electron chi connectivity index (χ3n) is 5.14. The van der Waals surface area contributed by atoms with E-state index < -0.39 is 11.6 Å². The molecule has 0 bridgehead atoms. The molecule has 3 rings (SSSR count). The molecule has 1 atom stereocenters. The highest BCUT2D eigenvalue weighted by Gasteiger charge is 2.29. The molecule has 5 nitrogen and oxygen atoms in total. The average molecular weight is 532 g/mol. The lowest BCUT2D eigenvalue weighted by Crippen LogP contribution is -2.53. The second-order valence-electron chi connectivity index (χ2n) is 8.92. The first-order chi connectivity index (χ1) is 15.6. The highest BCUT2D eigenvalue weighted by atomic mass is 79.9. The number of hydrogen-bond acceptors (Lipinski definition) is 3. The Morgan fingerprint density at radius 3 is 2.42 bits per heavy atom. The van der Waals surface area contributed by atoms with Crippen LogP contribution in [0.25, 0.3) is 10.8 Å². The molecule has 0 radical (unpaired) electrons. The van der Waals surface area contributed by atoms with Crippen molar-refractivity contribution >= 4 is 50.1 Å². The van der Waals surface area contributed by atoms with Gasteiger partial charge < -0.3 is 15.0 Å². The number of halogens is 2. The van der Waals surface area contributed by atoms with Gasteiger partial charge in [0.05, 0.1) is 4.47 Å². The molecule has 0 aromatic heterocycles. The second kappa shape index (κ2) is 10.6. The van der Waals surface area contributed by atoms with Gasteiger partial charge in [-0.25, -0.2) is 0 Å². The SMILES string of the molecule is C[C@@H](C(=O)NC(C)(C)C)N(Cc1ccccc1Cl)C(=O)COc1ccc2ccccc2c1Br. The molecule has 0 unspecified atom stereocenters. The van der Waals surface area contributed by atoms with Crippen molar-refractivity contribution in [2.45, 2.75) is 45.8 Å². The van der Waals surface area contributed by atoms with Crippen LogP contribution in [0.1, 0.15) is 33.3 Å². The van der Waals surface area contributed by atoms with E-state index in [0.29, 0.717) is 10.8 Å². The van der Waals surface area contributed by atoms with Crippen molar-refractivity contribution in [2.24, 2.45) is 0 Å². The minimum atomic E-state index is -0.711. The summed E-state index contributed by atoms with van der Waals surface area (Å²) in [4.78, 5) is 27.6. The summed E-state index contributed by atoms with van der Waals surface area (Å²) in [6.45, 7) is 7.39. The van der Waals surface area contributed by atoms with Gasteiger partial charge in [-0.2, -0.15) is 0 Å². The van der Waals surface area contributed by atoms with E-state index >= 15 is 0 Å². The Balaban J connectivity index is 1.82. The summed E-state index contributed by atoms with van der Waals surface area (Å²) in [5, 5.41) is 5.54. The molecular weight excluding hydrogens is 504 g/mol. The van der Waals surface area contributed by atoms with Crippen molar-refractivity contribution in [1.82, 2.24) is 10.2 Å². The molecule has 174 valence electrons. The lowest BCUT2D eigenvalue weighted by Gasteiger charge is -2.31. The van der Waals surface area contributed by atoms with Crippen LogP contribution in [-0.4, -0.2) is 34.9 Å². The zero-order valence-electron chi connectivity index (χ0n) is 19.2. The van der Waals surface area contributed by atoms with Crippen LogP contribution in [0.3, 0.4) is 0 Å². The zero-order chi connectivity index (χ0) is 24.2. The van der Waals surface area contributed by atoms with Gasteiger partial charge in [0.1, 0.15) is 11.8 Å². The monoisotopic (exact) mass is 530 g/mol. The van der Waals surface area contributed by atoms with E-state index in [1.54, 1.807) is 13.0 Å². The van der Waals surface area contributed by atoms with Crippen LogP contribution >= 0.6 is 27.5 Å². The number of amides is 2. The summed E-state index contributed by atoms with van der Waals surface area (Å²) in [7, 11) is 0. The standard InChI is InChI=1S/C26H28BrClN2O3/c1-17(25(32)29-26(2,3)4)30(15-19-10-6-8-12-21(19)28)23(31)16-33-22-14-13-18-9-5-7-11-20(18)24(22)27/h5-14,17H,15-16H2,1-4H3,(H,29,32)/t17-/m0/s1. The smallest absolute Gasteiger partial charge is 0.261 e. The molecule has 7 heteroatoms. The van der Waals surface area contributed by atoms with Crippen LogP contribution in [0.5, 0.6) is 5.75 Å². The van der Waals surface area contributed by atoms with E-state index in [1.165, 1.54) is 4.90 Å². The van der Waals surface area contributed by atoms with Gasteiger partial charge in [-0.05, 0) is 72.1 Å². The number of carbonyl (C=O) groups excluding carboxylic acids is 2. The highest BCUT2D eigenvalue weighted by Crippen LogP contribution is 2.33. The number of hydrogen-bond donors (Lipinski definition) is 1. The van der Waals surface area contributed by atoms with Crippen LogP contribution in [-0.2, 0) is 16.1 Å². The van der Waals surface area contributed by atoms with E-state index in [4.69, 9.17) is 16.3 Å². The van der Waals surface area contributed by atoms with Crippen molar-refractivity contribution in [1.29, 1.82) is 0 Å². The Labute approximate surface area is 208 Å².